The molecule has 1 amide bonds. The zero-order valence-corrected chi connectivity index (χ0v) is 13.6. The Hall–Kier alpha value is -2.20. The SMILES string of the molecule is CCc1ccccc1OC1CN(C(=O)c2ccc(O)c(Cl)c2)C1. The van der Waals surface area contributed by atoms with Crippen molar-refractivity contribution in [2.24, 2.45) is 0 Å². The normalized spacial score (nSPS) is 14.4. The number of ether oxygens (including phenoxy) is 1. The molecule has 1 heterocycles. The highest BCUT2D eigenvalue weighted by atomic mass is 35.5. The molecule has 0 unspecified atom stereocenters. The van der Waals surface area contributed by atoms with E-state index in [1.54, 1.807) is 11.0 Å². The van der Waals surface area contributed by atoms with Crippen molar-refractivity contribution in [3.8, 4) is 11.5 Å². The molecule has 1 aliphatic rings. The number of likely N-dealkylation sites (tertiary alicyclic amines) is 1. The van der Waals surface area contributed by atoms with Gasteiger partial charge >= 0.3 is 0 Å². The third-order valence-corrected chi connectivity index (χ3v) is 4.28. The Morgan fingerprint density at radius 3 is 2.74 bits per heavy atom. The number of halogens is 1. The number of hydrogen-bond acceptors (Lipinski definition) is 3. The van der Waals surface area contributed by atoms with Gasteiger partial charge in [0, 0.05) is 5.56 Å². The lowest BCUT2D eigenvalue weighted by atomic mass is 10.1. The van der Waals surface area contributed by atoms with Gasteiger partial charge in [0.05, 0.1) is 18.1 Å². The summed E-state index contributed by atoms with van der Waals surface area (Å²) in [5, 5.41) is 9.60. The van der Waals surface area contributed by atoms with Crippen LogP contribution in [0.5, 0.6) is 11.5 Å². The highest BCUT2D eigenvalue weighted by Crippen LogP contribution is 2.27. The van der Waals surface area contributed by atoms with Crippen molar-refractivity contribution in [1.82, 2.24) is 4.90 Å². The van der Waals surface area contributed by atoms with Crippen LogP contribution in [0.4, 0.5) is 0 Å². The van der Waals surface area contributed by atoms with Crippen LogP contribution in [0.1, 0.15) is 22.8 Å². The lowest BCUT2D eigenvalue weighted by Crippen LogP contribution is -2.56. The van der Waals surface area contributed by atoms with Crippen LogP contribution in [0.2, 0.25) is 5.02 Å². The van der Waals surface area contributed by atoms with Crippen molar-refractivity contribution in [3.05, 3.63) is 58.6 Å². The minimum Gasteiger partial charge on any atom is -0.506 e. The number of para-hydroxylation sites is 1. The van der Waals surface area contributed by atoms with Crippen LogP contribution in [0.15, 0.2) is 42.5 Å². The number of aryl methyl sites for hydroxylation is 1. The van der Waals surface area contributed by atoms with Gasteiger partial charge < -0.3 is 14.7 Å². The molecule has 2 aromatic carbocycles. The summed E-state index contributed by atoms with van der Waals surface area (Å²) >= 11 is 5.85. The van der Waals surface area contributed by atoms with E-state index in [9.17, 15) is 9.90 Å². The van der Waals surface area contributed by atoms with Crippen LogP contribution >= 0.6 is 11.6 Å². The number of phenols is 1. The summed E-state index contributed by atoms with van der Waals surface area (Å²) in [4.78, 5) is 14.1. The molecule has 0 saturated carbocycles. The van der Waals surface area contributed by atoms with Gasteiger partial charge in [0.2, 0.25) is 0 Å². The molecule has 0 atom stereocenters. The van der Waals surface area contributed by atoms with Crippen LogP contribution in [0, 0.1) is 0 Å². The van der Waals surface area contributed by atoms with E-state index in [4.69, 9.17) is 16.3 Å². The van der Waals surface area contributed by atoms with Crippen molar-refractivity contribution in [2.75, 3.05) is 13.1 Å². The second-order valence-corrected chi connectivity index (χ2v) is 5.98. The summed E-state index contributed by atoms with van der Waals surface area (Å²) in [7, 11) is 0. The number of carbonyl (C=O) groups is 1. The van der Waals surface area contributed by atoms with E-state index in [-0.39, 0.29) is 22.8 Å². The highest BCUT2D eigenvalue weighted by Gasteiger charge is 2.33. The van der Waals surface area contributed by atoms with Gasteiger partial charge in [-0.3, -0.25) is 4.79 Å². The molecule has 1 fully saturated rings. The summed E-state index contributed by atoms with van der Waals surface area (Å²) in [6.07, 6.45) is 0.927. The molecule has 0 radical (unpaired) electrons. The number of carbonyl (C=O) groups excluding carboxylic acids is 1. The second-order valence-electron chi connectivity index (χ2n) is 5.58. The van der Waals surface area contributed by atoms with E-state index < -0.39 is 0 Å². The lowest BCUT2D eigenvalue weighted by Gasteiger charge is -2.39. The Bertz CT molecular complexity index is 726. The largest absolute Gasteiger partial charge is 0.506 e. The molecule has 0 bridgehead atoms. The summed E-state index contributed by atoms with van der Waals surface area (Å²) in [6, 6.07) is 12.5. The summed E-state index contributed by atoms with van der Waals surface area (Å²) in [5.41, 5.74) is 1.64. The number of hydrogen-bond donors (Lipinski definition) is 1. The van der Waals surface area contributed by atoms with Crippen LogP contribution in [-0.4, -0.2) is 35.1 Å². The van der Waals surface area contributed by atoms with Gasteiger partial charge in [-0.15, -0.1) is 0 Å². The van der Waals surface area contributed by atoms with Gasteiger partial charge in [0.15, 0.2) is 0 Å². The van der Waals surface area contributed by atoms with Gasteiger partial charge in [0.25, 0.3) is 5.91 Å². The van der Waals surface area contributed by atoms with Gasteiger partial charge in [-0.1, -0.05) is 36.7 Å². The topological polar surface area (TPSA) is 49.8 Å². The lowest BCUT2D eigenvalue weighted by molar-refractivity contribution is 0.0174. The van der Waals surface area contributed by atoms with Gasteiger partial charge in [0.1, 0.15) is 17.6 Å². The molecule has 2 aromatic rings. The van der Waals surface area contributed by atoms with Crippen LogP contribution in [-0.2, 0) is 6.42 Å². The minimum absolute atomic E-state index is 0.0132. The first kappa shape index (κ1) is 15.7. The van der Waals surface area contributed by atoms with Crippen molar-refractivity contribution < 1.29 is 14.6 Å². The third-order valence-electron chi connectivity index (χ3n) is 3.98. The minimum atomic E-state index is -0.101. The monoisotopic (exact) mass is 331 g/mol. The maximum atomic E-state index is 12.3. The molecule has 23 heavy (non-hydrogen) atoms. The quantitative estimate of drug-likeness (QED) is 0.932. The molecule has 1 saturated heterocycles. The van der Waals surface area contributed by atoms with E-state index in [0.717, 1.165) is 12.2 Å². The summed E-state index contributed by atoms with van der Waals surface area (Å²) in [5.74, 6) is 0.763. The second kappa shape index (κ2) is 6.50. The van der Waals surface area contributed by atoms with E-state index in [1.807, 2.05) is 18.2 Å². The Morgan fingerprint density at radius 2 is 2.04 bits per heavy atom. The smallest absolute Gasteiger partial charge is 0.254 e. The van der Waals surface area contributed by atoms with E-state index in [1.165, 1.54) is 17.7 Å². The van der Waals surface area contributed by atoms with E-state index >= 15 is 0 Å². The molecule has 120 valence electrons. The molecular weight excluding hydrogens is 314 g/mol. The van der Waals surface area contributed by atoms with Gasteiger partial charge in [-0.25, -0.2) is 0 Å². The maximum absolute atomic E-state index is 12.3. The van der Waals surface area contributed by atoms with Crippen molar-refractivity contribution in [2.45, 2.75) is 19.4 Å². The fourth-order valence-electron chi connectivity index (χ4n) is 2.59. The molecule has 3 rings (SSSR count). The molecule has 0 aromatic heterocycles. The first-order valence-corrected chi connectivity index (χ1v) is 7.98. The molecule has 0 aliphatic carbocycles. The number of nitrogens with zero attached hydrogens (tertiary/aromatic N) is 1. The number of phenolic OH excluding ortho intramolecular Hbond substituents is 1. The zero-order valence-electron chi connectivity index (χ0n) is 12.8. The molecule has 1 N–H and O–H groups in total. The Morgan fingerprint density at radius 1 is 1.30 bits per heavy atom. The molecule has 4 nitrogen and oxygen atoms in total. The Balaban J connectivity index is 1.60. The fraction of sp³-hybridized carbons (Fsp3) is 0.278. The maximum Gasteiger partial charge on any atom is 0.254 e. The number of amides is 1. The predicted molar refractivity (Wildman–Crippen MR) is 89.3 cm³/mol. The fourth-order valence-corrected chi connectivity index (χ4v) is 2.77. The standard InChI is InChI=1S/C18H18ClNO3/c1-2-12-5-3-4-6-17(12)23-14-10-20(11-14)18(22)13-7-8-16(21)15(19)9-13/h3-9,14,21H,2,10-11H2,1H3. The average Bonchev–Trinajstić information content (AvgIpc) is 2.53. The zero-order chi connectivity index (χ0) is 16.4. The van der Waals surface area contributed by atoms with Crippen LogP contribution in [0.25, 0.3) is 0 Å². The molecule has 0 spiro atoms. The number of benzene rings is 2. The average molecular weight is 332 g/mol. The van der Waals surface area contributed by atoms with Crippen molar-refractivity contribution in [3.63, 3.8) is 0 Å². The number of rotatable bonds is 4. The molecule has 5 heteroatoms. The molecule has 1 aliphatic heterocycles. The molecular formula is C18H18ClNO3. The predicted octanol–water partition coefficient (Wildman–Crippen LogP) is 3.51. The van der Waals surface area contributed by atoms with Crippen molar-refractivity contribution >= 4 is 17.5 Å². The van der Waals surface area contributed by atoms with Crippen molar-refractivity contribution in [1.29, 1.82) is 0 Å². The summed E-state index contributed by atoms with van der Waals surface area (Å²) < 4.78 is 5.97. The Kier molecular flexibility index (Phi) is 4.44. The highest BCUT2D eigenvalue weighted by molar-refractivity contribution is 6.32. The van der Waals surface area contributed by atoms with Gasteiger partial charge in [-0.2, -0.15) is 0 Å². The first-order valence-electron chi connectivity index (χ1n) is 7.61. The van der Waals surface area contributed by atoms with Gasteiger partial charge in [-0.05, 0) is 36.2 Å². The Labute approximate surface area is 140 Å². The van der Waals surface area contributed by atoms with Crippen LogP contribution in [0.3, 0.4) is 0 Å². The van der Waals surface area contributed by atoms with E-state index in [0.29, 0.717) is 18.7 Å². The van der Waals surface area contributed by atoms with E-state index in [2.05, 4.69) is 13.0 Å². The summed E-state index contributed by atoms with van der Waals surface area (Å²) in [6.45, 7) is 3.19. The number of aromatic hydroxyl groups is 1. The third kappa shape index (κ3) is 3.27. The first-order chi connectivity index (χ1) is 11.1. The van der Waals surface area contributed by atoms with Crippen LogP contribution < -0.4 is 4.74 Å².